The van der Waals surface area contributed by atoms with E-state index in [1.807, 2.05) is 12.1 Å². The van der Waals surface area contributed by atoms with Gasteiger partial charge in [0.2, 0.25) is 0 Å². The second-order valence-corrected chi connectivity index (χ2v) is 15.7. The first-order valence-electron chi connectivity index (χ1n) is 21.2. The quantitative estimate of drug-likeness (QED) is 0.145. The van der Waals surface area contributed by atoms with Crippen LogP contribution in [0.3, 0.4) is 0 Å². The molecule has 0 atom stereocenters. The third-order valence-electron chi connectivity index (χ3n) is 11.9. The van der Waals surface area contributed by atoms with Gasteiger partial charge in [-0.2, -0.15) is 0 Å². The SMILES string of the molecule is c1ccc(-c2ccc(N(c3ccc(-c4cccc5oc6ccccc6c45)cc3)c3ccc(-c4cc(-c5ccccc5)cc(-c5ccccc5)c4)cc3-c3ccccc3)cc2)cc1. The van der Waals surface area contributed by atoms with Gasteiger partial charge in [-0.1, -0.05) is 182 Å². The number of para-hydroxylation sites is 1. The molecule has 2 heteroatoms. The molecule has 0 saturated heterocycles. The molecule has 0 spiro atoms. The predicted molar refractivity (Wildman–Crippen MR) is 261 cm³/mol. The number of rotatable bonds is 9. The van der Waals surface area contributed by atoms with Crippen LogP contribution >= 0.6 is 0 Å². The largest absolute Gasteiger partial charge is 0.456 e. The van der Waals surface area contributed by atoms with Crippen molar-refractivity contribution in [1.29, 1.82) is 0 Å². The van der Waals surface area contributed by atoms with Crippen molar-refractivity contribution >= 4 is 39.0 Å². The fourth-order valence-corrected chi connectivity index (χ4v) is 8.81. The zero-order valence-electron chi connectivity index (χ0n) is 34.0. The van der Waals surface area contributed by atoms with Gasteiger partial charge in [-0.05, 0) is 128 Å². The summed E-state index contributed by atoms with van der Waals surface area (Å²) in [5, 5.41) is 2.26. The van der Waals surface area contributed by atoms with Crippen molar-refractivity contribution in [2.75, 3.05) is 4.90 Å². The molecule has 0 aliphatic rings. The van der Waals surface area contributed by atoms with Crippen LogP contribution in [0.25, 0.3) is 88.7 Å². The van der Waals surface area contributed by atoms with Crippen molar-refractivity contribution in [1.82, 2.24) is 0 Å². The highest BCUT2D eigenvalue weighted by molar-refractivity contribution is 6.12. The fraction of sp³-hybridized carbons (Fsp3) is 0. The Morgan fingerprint density at radius 1 is 0.258 bits per heavy atom. The van der Waals surface area contributed by atoms with Gasteiger partial charge in [-0.3, -0.25) is 0 Å². The van der Waals surface area contributed by atoms with Crippen LogP contribution in [0.2, 0.25) is 0 Å². The molecule has 0 unspecified atom stereocenters. The Morgan fingerprint density at radius 2 is 0.677 bits per heavy atom. The van der Waals surface area contributed by atoms with Crippen LogP contribution in [0.1, 0.15) is 0 Å². The highest BCUT2D eigenvalue weighted by Crippen LogP contribution is 2.45. The summed E-state index contributed by atoms with van der Waals surface area (Å²) in [7, 11) is 0. The maximum absolute atomic E-state index is 6.28. The van der Waals surface area contributed by atoms with Crippen LogP contribution in [-0.2, 0) is 0 Å². The summed E-state index contributed by atoms with van der Waals surface area (Å²) in [5.41, 5.74) is 19.0. The van der Waals surface area contributed by atoms with E-state index in [0.717, 1.165) is 72.4 Å². The summed E-state index contributed by atoms with van der Waals surface area (Å²) in [6, 6.07) is 89.2. The monoisotopic (exact) mass is 791 g/mol. The third kappa shape index (κ3) is 7.04. The topological polar surface area (TPSA) is 16.4 Å². The van der Waals surface area contributed by atoms with Crippen molar-refractivity contribution in [3.63, 3.8) is 0 Å². The third-order valence-corrected chi connectivity index (χ3v) is 11.9. The van der Waals surface area contributed by atoms with Crippen molar-refractivity contribution in [2.24, 2.45) is 0 Å². The molecule has 11 rings (SSSR count). The average molecular weight is 792 g/mol. The Labute approximate surface area is 362 Å². The first-order valence-corrected chi connectivity index (χ1v) is 21.2. The van der Waals surface area contributed by atoms with E-state index < -0.39 is 0 Å². The second kappa shape index (κ2) is 16.1. The van der Waals surface area contributed by atoms with Crippen molar-refractivity contribution in [2.45, 2.75) is 0 Å². The van der Waals surface area contributed by atoms with E-state index in [0.29, 0.717) is 0 Å². The number of nitrogens with zero attached hydrogens (tertiary/aromatic N) is 1. The molecule has 10 aromatic carbocycles. The van der Waals surface area contributed by atoms with Gasteiger partial charge < -0.3 is 9.32 Å². The molecule has 292 valence electrons. The fourth-order valence-electron chi connectivity index (χ4n) is 8.81. The smallest absolute Gasteiger partial charge is 0.136 e. The van der Waals surface area contributed by atoms with E-state index in [1.54, 1.807) is 0 Å². The standard InChI is InChI=1S/C60H41NO/c1-5-16-42(17-6-1)45-28-33-52(34-29-45)61(53-35-30-47(31-36-53)54-25-15-27-59-60(54)55-24-13-14-26-58(55)62-59)57-37-32-48(41-56(57)46-22-11-4-12-23-46)51-39-49(43-18-7-2-8-19-43)38-50(40-51)44-20-9-3-10-21-44/h1-41H. The number of fused-ring (bicyclic) bond motifs is 3. The Morgan fingerprint density at radius 3 is 1.26 bits per heavy atom. The van der Waals surface area contributed by atoms with Crippen molar-refractivity contribution in [3.8, 4) is 66.8 Å². The Balaban J connectivity index is 1.08. The lowest BCUT2D eigenvalue weighted by molar-refractivity contribution is 0.669. The molecule has 11 aromatic rings. The van der Waals surface area contributed by atoms with Crippen LogP contribution in [0.5, 0.6) is 0 Å². The van der Waals surface area contributed by atoms with E-state index >= 15 is 0 Å². The molecule has 0 amide bonds. The van der Waals surface area contributed by atoms with E-state index in [1.165, 1.54) is 33.4 Å². The molecule has 2 nitrogen and oxygen atoms in total. The molecule has 1 heterocycles. The minimum atomic E-state index is 0.894. The van der Waals surface area contributed by atoms with E-state index in [9.17, 15) is 0 Å². The molecule has 0 radical (unpaired) electrons. The first kappa shape index (κ1) is 36.8. The average Bonchev–Trinajstić information content (AvgIpc) is 3.75. The molecule has 1 aromatic heterocycles. The minimum absolute atomic E-state index is 0.894. The Kier molecular flexibility index (Phi) is 9.57. The van der Waals surface area contributed by atoms with Crippen LogP contribution in [0.15, 0.2) is 253 Å². The molecular formula is C60H41NO. The van der Waals surface area contributed by atoms with Gasteiger partial charge in [0.05, 0.1) is 5.69 Å². The molecule has 0 aliphatic heterocycles. The highest BCUT2D eigenvalue weighted by Gasteiger charge is 2.20. The zero-order valence-corrected chi connectivity index (χ0v) is 34.0. The van der Waals surface area contributed by atoms with Gasteiger partial charge in [0.15, 0.2) is 0 Å². The number of anilines is 3. The molecule has 0 aliphatic carbocycles. The summed E-state index contributed by atoms with van der Waals surface area (Å²) in [6.45, 7) is 0. The van der Waals surface area contributed by atoms with Crippen LogP contribution in [-0.4, -0.2) is 0 Å². The maximum atomic E-state index is 6.28. The summed E-state index contributed by atoms with van der Waals surface area (Å²) < 4.78 is 6.28. The molecule has 0 fully saturated rings. The van der Waals surface area contributed by atoms with E-state index in [4.69, 9.17) is 4.42 Å². The van der Waals surface area contributed by atoms with Gasteiger partial charge in [-0.15, -0.1) is 0 Å². The van der Waals surface area contributed by atoms with Crippen LogP contribution < -0.4 is 4.90 Å². The maximum Gasteiger partial charge on any atom is 0.136 e. The van der Waals surface area contributed by atoms with Crippen LogP contribution in [0.4, 0.5) is 17.1 Å². The lowest BCUT2D eigenvalue weighted by atomic mass is 9.91. The summed E-state index contributed by atoms with van der Waals surface area (Å²) in [4.78, 5) is 2.40. The Bertz CT molecular complexity index is 3240. The number of benzene rings is 10. The minimum Gasteiger partial charge on any atom is -0.456 e. The Hall–Kier alpha value is -8.20. The highest BCUT2D eigenvalue weighted by atomic mass is 16.3. The van der Waals surface area contributed by atoms with Gasteiger partial charge in [0.1, 0.15) is 11.2 Å². The number of hydrogen-bond acceptors (Lipinski definition) is 2. The molecular weight excluding hydrogens is 751 g/mol. The lowest BCUT2D eigenvalue weighted by Gasteiger charge is -2.29. The first-order chi connectivity index (χ1) is 30.7. The van der Waals surface area contributed by atoms with Gasteiger partial charge >= 0.3 is 0 Å². The summed E-state index contributed by atoms with van der Waals surface area (Å²) in [6.07, 6.45) is 0. The molecule has 62 heavy (non-hydrogen) atoms. The normalized spacial score (nSPS) is 11.2. The van der Waals surface area contributed by atoms with Gasteiger partial charge in [0.25, 0.3) is 0 Å². The zero-order chi connectivity index (χ0) is 41.2. The molecule has 0 bridgehead atoms. The van der Waals surface area contributed by atoms with Gasteiger partial charge in [0, 0.05) is 27.7 Å². The van der Waals surface area contributed by atoms with Crippen molar-refractivity contribution < 1.29 is 4.42 Å². The summed E-state index contributed by atoms with van der Waals surface area (Å²) >= 11 is 0. The number of furan rings is 1. The molecule has 0 N–H and O–H groups in total. The van der Waals surface area contributed by atoms with Crippen molar-refractivity contribution in [3.05, 3.63) is 249 Å². The van der Waals surface area contributed by atoms with Crippen LogP contribution in [0, 0.1) is 0 Å². The summed E-state index contributed by atoms with van der Waals surface area (Å²) in [5.74, 6) is 0. The predicted octanol–water partition coefficient (Wildman–Crippen LogP) is 17.1. The molecule has 0 saturated carbocycles. The lowest BCUT2D eigenvalue weighted by Crippen LogP contribution is -2.11. The van der Waals surface area contributed by atoms with E-state index in [-0.39, 0.29) is 0 Å². The number of hydrogen-bond donors (Lipinski definition) is 0. The second-order valence-electron chi connectivity index (χ2n) is 15.7. The van der Waals surface area contributed by atoms with E-state index in [2.05, 4.69) is 241 Å². The van der Waals surface area contributed by atoms with Gasteiger partial charge in [-0.25, -0.2) is 0 Å².